The monoisotopic (exact) mass is 457 g/mol. The zero-order chi connectivity index (χ0) is 19.7. The van der Waals surface area contributed by atoms with E-state index in [1.807, 2.05) is 6.07 Å². The molecule has 0 saturated carbocycles. The first-order valence-corrected chi connectivity index (χ1v) is 10.1. The fourth-order valence-electron chi connectivity index (χ4n) is 2.90. The number of nitrogens with zero attached hydrogens (tertiary/aromatic N) is 1. The molecule has 0 N–H and O–H groups in total. The van der Waals surface area contributed by atoms with Gasteiger partial charge in [0.1, 0.15) is 11.6 Å². The van der Waals surface area contributed by atoms with Gasteiger partial charge in [-0.05, 0) is 48.0 Å². The Hall–Kier alpha value is -2.64. The van der Waals surface area contributed by atoms with E-state index in [4.69, 9.17) is 4.42 Å². The summed E-state index contributed by atoms with van der Waals surface area (Å²) in [5.41, 5.74) is 1.23. The van der Waals surface area contributed by atoms with Gasteiger partial charge in [-0.2, -0.15) is 0 Å². The molecule has 1 aromatic heterocycles. The van der Waals surface area contributed by atoms with E-state index in [0.717, 1.165) is 9.37 Å². The largest absolute Gasteiger partial charge is 0.468 e. The molecular weight excluding hydrogens is 445 g/mol. The first-order valence-electron chi connectivity index (χ1n) is 8.34. The highest BCUT2D eigenvalue weighted by Crippen LogP contribution is 2.40. The number of furan rings is 1. The molecule has 28 heavy (non-hydrogen) atoms. The molecule has 0 aliphatic carbocycles. The zero-order valence-electron chi connectivity index (χ0n) is 14.4. The quantitative estimate of drug-likeness (QED) is 0.481. The third kappa shape index (κ3) is 3.55. The van der Waals surface area contributed by atoms with Crippen molar-refractivity contribution in [2.45, 2.75) is 5.75 Å². The van der Waals surface area contributed by atoms with Crippen LogP contribution in [0.5, 0.6) is 0 Å². The molecule has 0 bridgehead atoms. The highest BCUT2D eigenvalue weighted by atomic mass is 79.9. The predicted molar refractivity (Wildman–Crippen MR) is 110 cm³/mol. The Labute approximate surface area is 173 Å². The molecule has 4 nitrogen and oxygen atoms in total. The van der Waals surface area contributed by atoms with Crippen molar-refractivity contribution >= 4 is 50.8 Å². The summed E-state index contributed by atoms with van der Waals surface area (Å²) in [5.74, 6) is -0.152. The highest BCUT2D eigenvalue weighted by Gasteiger charge is 2.40. The molecule has 2 heterocycles. The van der Waals surface area contributed by atoms with Crippen molar-refractivity contribution in [3.8, 4) is 0 Å². The highest BCUT2D eigenvalue weighted by molar-refractivity contribution is 9.10. The van der Waals surface area contributed by atoms with Crippen molar-refractivity contribution in [2.24, 2.45) is 0 Å². The van der Waals surface area contributed by atoms with E-state index < -0.39 is 17.6 Å². The molecule has 0 unspecified atom stereocenters. The molecule has 0 saturated heterocycles. The van der Waals surface area contributed by atoms with Gasteiger partial charge in [0.2, 0.25) is 0 Å². The molecule has 1 aliphatic heterocycles. The van der Waals surface area contributed by atoms with E-state index in [0.29, 0.717) is 27.7 Å². The predicted octanol–water partition coefficient (Wildman–Crippen LogP) is 5.40. The van der Waals surface area contributed by atoms with Gasteiger partial charge in [-0.15, -0.1) is 11.8 Å². The smallest absolute Gasteiger partial charge is 0.272 e. The van der Waals surface area contributed by atoms with Crippen LogP contribution in [-0.2, 0) is 15.3 Å². The normalized spacial score (nSPS) is 14.3. The number of amides is 2. The Balaban J connectivity index is 1.76. The minimum atomic E-state index is -0.434. The molecule has 7 heteroatoms. The average Bonchev–Trinajstić information content (AvgIpc) is 3.27. The second kappa shape index (κ2) is 7.77. The van der Waals surface area contributed by atoms with E-state index in [1.165, 1.54) is 36.0 Å². The van der Waals surface area contributed by atoms with Crippen LogP contribution in [-0.4, -0.2) is 11.8 Å². The van der Waals surface area contributed by atoms with Crippen LogP contribution in [0.15, 0.2) is 80.7 Å². The van der Waals surface area contributed by atoms with Crippen LogP contribution in [0.1, 0.15) is 11.3 Å². The van der Waals surface area contributed by atoms with E-state index in [9.17, 15) is 14.0 Å². The first-order chi connectivity index (χ1) is 13.5. The number of benzene rings is 2. The number of thioether (sulfide) groups is 1. The number of anilines is 1. The number of carbonyl (C=O) groups excluding carboxylic acids is 2. The van der Waals surface area contributed by atoms with E-state index in [1.54, 1.807) is 36.6 Å². The summed E-state index contributed by atoms with van der Waals surface area (Å²) >= 11 is 4.60. The summed E-state index contributed by atoms with van der Waals surface area (Å²) < 4.78 is 19.4. The topological polar surface area (TPSA) is 50.5 Å². The summed E-state index contributed by atoms with van der Waals surface area (Å²) in [6, 6.07) is 16.1. The van der Waals surface area contributed by atoms with Gasteiger partial charge in [0, 0.05) is 4.47 Å². The van der Waals surface area contributed by atoms with Gasteiger partial charge in [-0.3, -0.25) is 9.59 Å². The molecule has 0 fully saturated rings. The molecule has 0 spiro atoms. The van der Waals surface area contributed by atoms with Crippen LogP contribution >= 0.6 is 27.7 Å². The molecule has 140 valence electrons. The van der Waals surface area contributed by atoms with Crippen LogP contribution in [0.25, 0.3) is 5.57 Å². The lowest BCUT2D eigenvalue weighted by atomic mass is 10.1. The second-order valence-corrected chi connectivity index (χ2v) is 7.91. The Morgan fingerprint density at radius 2 is 1.79 bits per heavy atom. The summed E-state index contributed by atoms with van der Waals surface area (Å²) in [7, 11) is 0. The van der Waals surface area contributed by atoms with Crippen LogP contribution in [0.4, 0.5) is 10.1 Å². The van der Waals surface area contributed by atoms with Crippen LogP contribution in [0.3, 0.4) is 0 Å². The summed E-state index contributed by atoms with van der Waals surface area (Å²) in [6.07, 6.45) is 1.56. The molecule has 4 rings (SSSR count). The third-order valence-electron chi connectivity index (χ3n) is 4.18. The fraction of sp³-hybridized carbons (Fsp3) is 0.0476. The van der Waals surface area contributed by atoms with E-state index in [2.05, 4.69) is 15.9 Å². The Morgan fingerprint density at radius 3 is 2.46 bits per heavy atom. The van der Waals surface area contributed by atoms with Crippen LogP contribution < -0.4 is 4.90 Å². The molecule has 0 radical (unpaired) electrons. The van der Waals surface area contributed by atoms with Crippen molar-refractivity contribution in [3.05, 3.63) is 93.4 Å². The van der Waals surface area contributed by atoms with Gasteiger partial charge >= 0.3 is 0 Å². The lowest BCUT2D eigenvalue weighted by molar-refractivity contribution is -0.119. The van der Waals surface area contributed by atoms with Gasteiger partial charge in [0.05, 0.1) is 28.2 Å². The maximum atomic E-state index is 13.4. The molecule has 2 amide bonds. The third-order valence-corrected chi connectivity index (χ3v) is 5.77. The number of carbonyl (C=O) groups is 2. The maximum absolute atomic E-state index is 13.4. The van der Waals surface area contributed by atoms with Crippen molar-refractivity contribution in [3.63, 3.8) is 0 Å². The number of halogens is 2. The fourth-order valence-corrected chi connectivity index (χ4v) is 4.30. The van der Waals surface area contributed by atoms with E-state index in [-0.39, 0.29) is 5.57 Å². The molecule has 3 aromatic rings. The number of rotatable bonds is 5. The average molecular weight is 458 g/mol. The minimum absolute atomic E-state index is 0.265. The van der Waals surface area contributed by atoms with Gasteiger partial charge in [-0.1, -0.05) is 34.1 Å². The lowest BCUT2D eigenvalue weighted by Gasteiger charge is -2.15. The first kappa shape index (κ1) is 18.7. The molecular formula is C21H13BrFNO3S. The second-order valence-electron chi connectivity index (χ2n) is 6.00. The van der Waals surface area contributed by atoms with Crippen molar-refractivity contribution in [1.82, 2.24) is 0 Å². The molecule has 0 atom stereocenters. The maximum Gasteiger partial charge on any atom is 0.272 e. The van der Waals surface area contributed by atoms with Gasteiger partial charge in [0.25, 0.3) is 11.8 Å². The molecule has 2 aromatic carbocycles. The van der Waals surface area contributed by atoms with Crippen molar-refractivity contribution in [2.75, 3.05) is 4.90 Å². The van der Waals surface area contributed by atoms with Gasteiger partial charge in [0.15, 0.2) is 0 Å². The number of hydrogen-bond donors (Lipinski definition) is 0. The SMILES string of the molecule is O=C1C(SCc2ccco2)=C(c2ccc(F)cc2)C(=O)N1c1cccc(Br)c1. The van der Waals surface area contributed by atoms with E-state index >= 15 is 0 Å². The van der Waals surface area contributed by atoms with Gasteiger partial charge < -0.3 is 4.42 Å². The van der Waals surface area contributed by atoms with Crippen molar-refractivity contribution in [1.29, 1.82) is 0 Å². The van der Waals surface area contributed by atoms with Crippen LogP contribution in [0.2, 0.25) is 0 Å². The minimum Gasteiger partial charge on any atom is -0.468 e. The Bertz CT molecular complexity index is 1080. The standard InChI is InChI=1S/C21H13BrFNO3S/c22-14-3-1-4-16(11-14)24-20(25)18(13-6-8-15(23)9-7-13)19(21(24)26)28-12-17-5-2-10-27-17/h1-11H,12H2. The zero-order valence-corrected chi connectivity index (χ0v) is 16.8. The summed E-state index contributed by atoms with van der Waals surface area (Å²) in [6.45, 7) is 0. The summed E-state index contributed by atoms with van der Waals surface area (Å²) in [4.78, 5) is 27.8. The summed E-state index contributed by atoms with van der Waals surface area (Å²) in [5, 5.41) is 0. The van der Waals surface area contributed by atoms with Gasteiger partial charge in [-0.25, -0.2) is 9.29 Å². The van der Waals surface area contributed by atoms with Crippen molar-refractivity contribution < 1.29 is 18.4 Å². The lowest BCUT2D eigenvalue weighted by Crippen LogP contribution is -2.31. The number of hydrogen-bond acceptors (Lipinski definition) is 4. The molecule has 1 aliphatic rings. The Morgan fingerprint density at radius 1 is 1.00 bits per heavy atom. The Kier molecular flexibility index (Phi) is 5.19. The number of imide groups is 1. The van der Waals surface area contributed by atoms with Crippen LogP contribution in [0, 0.1) is 5.82 Å².